The van der Waals surface area contributed by atoms with E-state index < -0.39 is 0 Å². The van der Waals surface area contributed by atoms with Gasteiger partial charge in [0.05, 0.1) is 0 Å². The first-order valence-electron chi connectivity index (χ1n) is 6.96. The molecule has 1 aliphatic rings. The highest BCUT2D eigenvalue weighted by atomic mass is 16.4. The molecule has 0 saturated carbocycles. The summed E-state index contributed by atoms with van der Waals surface area (Å²) in [4.78, 5) is 13.7. The van der Waals surface area contributed by atoms with Gasteiger partial charge in [-0.25, -0.2) is 0 Å². The Morgan fingerprint density at radius 2 is 2.25 bits per heavy atom. The first-order chi connectivity index (χ1) is 9.69. The summed E-state index contributed by atoms with van der Waals surface area (Å²) in [5.41, 5.74) is 2.81. The number of fused-ring (bicyclic) bond motifs is 1. The topological polar surface area (TPSA) is 64.9 Å². The second kappa shape index (κ2) is 7.05. The Morgan fingerprint density at radius 3 is 3.00 bits per heavy atom. The minimum absolute atomic E-state index is 0.0192. The van der Waals surface area contributed by atoms with Gasteiger partial charge in [-0.15, -0.1) is 0 Å². The number of amides is 1. The van der Waals surface area contributed by atoms with Crippen molar-refractivity contribution >= 4 is 12.1 Å². The Labute approximate surface area is 119 Å². The monoisotopic (exact) mass is 275 g/mol. The van der Waals surface area contributed by atoms with Crippen LogP contribution in [0, 0.1) is 0 Å². The number of nitrogens with zero attached hydrogens (tertiary/aromatic N) is 2. The molecule has 1 atom stereocenters. The van der Waals surface area contributed by atoms with Crippen LogP contribution in [0.2, 0.25) is 0 Å². The van der Waals surface area contributed by atoms with Crippen LogP contribution in [0.25, 0.3) is 0 Å². The first kappa shape index (κ1) is 14.5. The Bertz CT molecular complexity index is 488. The highest BCUT2D eigenvalue weighted by Gasteiger charge is 2.16. The molecule has 0 bridgehead atoms. The fraction of sp³-hybridized carbons (Fsp3) is 0.467. The summed E-state index contributed by atoms with van der Waals surface area (Å²) in [7, 11) is 0. The molecule has 0 radical (unpaired) electrons. The molecule has 5 nitrogen and oxygen atoms in total. The number of hydrogen-bond donors (Lipinski definition) is 2. The van der Waals surface area contributed by atoms with E-state index in [1.165, 1.54) is 11.1 Å². The minimum Gasteiger partial charge on any atom is -0.411 e. The highest BCUT2D eigenvalue weighted by Crippen LogP contribution is 2.18. The van der Waals surface area contributed by atoms with Crippen molar-refractivity contribution in [3.63, 3.8) is 0 Å². The van der Waals surface area contributed by atoms with Gasteiger partial charge in [-0.3, -0.25) is 9.69 Å². The van der Waals surface area contributed by atoms with Crippen LogP contribution >= 0.6 is 0 Å². The summed E-state index contributed by atoms with van der Waals surface area (Å²) in [6.07, 6.45) is 3.13. The van der Waals surface area contributed by atoms with Gasteiger partial charge in [-0.05, 0) is 37.4 Å². The van der Waals surface area contributed by atoms with E-state index in [-0.39, 0.29) is 11.9 Å². The van der Waals surface area contributed by atoms with E-state index in [1.807, 2.05) is 6.92 Å². The number of carbonyl (C=O) groups is 1. The van der Waals surface area contributed by atoms with Crippen molar-refractivity contribution in [1.82, 2.24) is 10.2 Å². The number of carbonyl (C=O) groups excluding carboxylic acids is 1. The lowest BCUT2D eigenvalue weighted by molar-refractivity contribution is -0.115. The van der Waals surface area contributed by atoms with Crippen LogP contribution in [0.4, 0.5) is 0 Å². The van der Waals surface area contributed by atoms with E-state index in [0.29, 0.717) is 0 Å². The lowest BCUT2D eigenvalue weighted by atomic mass is 10.0. The van der Waals surface area contributed by atoms with Gasteiger partial charge in [0.25, 0.3) is 5.91 Å². The van der Waals surface area contributed by atoms with Crippen molar-refractivity contribution in [3.8, 4) is 0 Å². The van der Waals surface area contributed by atoms with Crippen LogP contribution < -0.4 is 5.32 Å². The molecule has 0 spiro atoms. The number of benzene rings is 1. The molecule has 1 aliphatic heterocycles. The van der Waals surface area contributed by atoms with E-state index >= 15 is 0 Å². The summed E-state index contributed by atoms with van der Waals surface area (Å²) in [5.74, 6) is -0.366. The molecule has 1 amide bonds. The van der Waals surface area contributed by atoms with Crippen LogP contribution in [0.5, 0.6) is 0 Å². The molecule has 1 heterocycles. The van der Waals surface area contributed by atoms with Crippen LogP contribution in [-0.4, -0.2) is 41.4 Å². The van der Waals surface area contributed by atoms with Gasteiger partial charge in [0.15, 0.2) is 0 Å². The predicted molar refractivity (Wildman–Crippen MR) is 77.9 cm³/mol. The quantitative estimate of drug-likeness (QED) is 0.496. The van der Waals surface area contributed by atoms with Crippen molar-refractivity contribution in [2.45, 2.75) is 32.4 Å². The van der Waals surface area contributed by atoms with Crippen molar-refractivity contribution in [3.05, 3.63) is 35.4 Å². The zero-order chi connectivity index (χ0) is 14.4. The lowest BCUT2D eigenvalue weighted by Crippen LogP contribution is -2.42. The van der Waals surface area contributed by atoms with Crippen LogP contribution in [0.3, 0.4) is 0 Å². The Balaban J connectivity index is 1.92. The summed E-state index contributed by atoms with van der Waals surface area (Å²) in [6, 6.07) is 8.55. The maximum Gasteiger partial charge on any atom is 0.266 e. The van der Waals surface area contributed by atoms with E-state index in [0.717, 1.165) is 38.7 Å². The summed E-state index contributed by atoms with van der Waals surface area (Å²) < 4.78 is 0. The van der Waals surface area contributed by atoms with Gasteiger partial charge in [-0.2, -0.15) is 0 Å². The molecule has 0 saturated heterocycles. The maximum absolute atomic E-state index is 11.3. The number of aryl methyl sites for hydroxylation is 1. The van der Waals surface area contributed by atoms with Gasteiger partial charge in [0.2, 0.25) is 0 Å². The van der Waals surface area contributed by atoms with Gasteiger partial charge >= 0.3 is 0 Å². The third-order valence-corrected chi connectivity index (χ3v) is 3.53. The van der Waals surface area contributed by atoms with E-state index in [1.54, 1.807) is 0 Å². The number of rotatable bonds is 4. The second-order valence-corrected chi connectivity index (χ2v) is 5.26. The van der Waals surface area contributed by atoms with E-state index in [4.69, 9.17) is 5.21 Å². The molecular formula is C15H21N3O2. The van der Waals surface area contributed by atoms with Gasteiger partial charge in [0.1, 0.15) is 6.21 Å². The molecule has 0 aliphatic carbocycles. The van der Waals surface area contributed by atoms with Crippen LogP contribution in [-0.2, 0) is 17.8 Å². The molecule has 2 rings (SSSR count). The highest BCUT2D eigenvalue weighted by molar-refractivity contribution is 6.26. The fourth-order valence-electron chi connectivity index (χ4n) is 2.69. The Hall–Kier alpha value is -1.88. The average Bonchev–Trinajstić information content (AvgIpc) is 2.60. The molecule has 1 aromatic carbocycles. The van der Waals surface area contributed by atoms with Crippen molar-refractivity contribution in [2.75, 3.05) is 13.1 Å². The first-order valence-corrected chi connectivity index (χ1v) is 6.96. The molecule has 108 valence electrons. The van der Waals surface area contributed by atoms with Crippen LogP contribution in [0.1, 0.15) is 24.5 Å². The number of hydrogen-bond acceptors (Lipinski definition) is 4. The summed E-state index contributed by atoms with van der Waals surface area (Å²) in [5, 5.41) is 13.8. The Kier molecular flexibility index (Phi) is 5.12. The number of nitrogens with one attached hydrogen (secondary N) is 1. The standard InChI is InChI=1S/C15H21N3O2/c1-12(17-15(19)9-16-20)10-18-8-4-7-13-5-2-3-6-14(13)11-18/h2-3,5-6,9,12,20H,4,7-8,10-11H2,1H3,(H,17,19)/b16-9+/t12-/m0/s1. The van der Waals surface area contributed by atoms with Gasteiger partial charge in [0, 0.05) is 19.1 Å². The molecule has 5 heteroatoms. The van der Waals surface area contributed by atoms with Crippen molar-refractivity contribution in [1.29, 1.82) is 0 Å². The molecule has 0 aromatic heterocycles. The molecule has 2 N–H and O–H groups in total. The minimum atomic E-state index is -0.366. The predicted octanol–water partition coefficient (Wildman–Crippen LogP) is 1.40. The normalized spacial score (nSPS) is 17.4. The third-order valence-electron chi connectivity index (χ3n) is 3.53. The molecular weight excluding hydrogens is 254 g/mol. The van der Waals surface area contributed by atoms with Crippen molar-refractivity contribution < 1.29 is 10.0 Å². The zero-order valence-corrected chi connectivity index (χ0v) is 11.7. The summed E-state index contributed by atoms with van der Waals surface area (Å²) in [6.45, 7) is 4.70. The van der Waals surface area contributed by atoms with E-state index in [9.17, 15) is 4.79 Å². The molecule has 0 fully saturated rings. The van der Waals surface area contributed by atoms with Crippen molar-refractivity contribution in [2.24, 2.45) is 5.16 Å². The van der Waals surface area contributed by atoms with Crippen LogP contribution in [0.15, 0.2) is 29.4 Å². The SMILES string of the molecule is C[C@@H](CN1CCCc2ccccc2C1)NC(=O)/C=N/O. The maximum atomic E-state index is 11.3. The largest absolute Gasteiger partial charge is 0.411 e. The molecule has 20 heavy (non-hydrogen) atoms. The van der Waals surface area contributed by atoms with Gasteiger partial charge < -0.3 is 10.5 Å². The summed E-state index contributed by atoms with van der Waals surface area (Å²) >= 11 is 0. The zero-order valence-electron chi connectivity index (χ0n) is 11.7. The van der Waals surface area contributed by atoms with E-state index in [2.05, 4.69) is 39.6 Å². The lowest BCUT2D eigenvalue weighted by Gasteiger charge is -2.24. The third kappa shape index (κ3) is 4.06. The van der Waals surface area contributed by atoms with Gasteiger partial charge in [-0.1, -0.05) is 29.4 Å². The number of oxime groups is 1. The average molecular weight is 275 g/mol. The molecule has 1 aromatic rings. The second-order valence-electron chi connectivity index (χ2n) is 5.26. The smallest absolute Gasteiger partial charge is 0.266 e. The molecule has 0 unspecified atom stereocenters. The fourth-order valence-corrected chi connectivity index (χ4v) is 2.69. The Morgan fingerprint density at radius 1 is 1.50 bits per heavy atom.